The zero-order valence-electron chi connectivity index (χ0n) is 7.74. The minimum Gasteiger partial charge on any atom is -0.243 e. The quantitative estimate of drug-likeness (QED) is 0.747. The highest BCUT2D eigenvalue weighted by Crippen LogP contribution is 2.15. The molecule has 1 aromatic rings. The van der Waals surface area contributed by atoms with E-state index in [1.165, 1.54) is 17.5 Å². The molecule has 0 saturated heterocycles. The minimum atomic E-state index is -0.119. The average Bonchev–Trinajstić information content (AvgIpc) is 2.16. The molecule has 2 nitrogen and oxygen atoms in total. The lowest BCUT2D eigenvalue weighted by molar-refractivity contribution is 0.865. The summed E-state index contributed by atoms with van der Waals surface area (Å²) in [5.41, 5.74) is 1.25. The predicted molar refractivity (Wildman–Crippen MR) is 55.2 cm³/mol. The van der Waals surface area contributed by atoms with Crippen molar-refractivity contribution in [1.29, 1.82) is 5.26 Å². The van der Waals surface area contributed by atoms with Gasteiger partial charge < -0.3 is 0 Å². The van der Waals surface area contributed by atoms with Gasteiger partial charge in [0.1, 0.15) is 6.04 Å². The molecular formula is C10H12N2S. The highest BCUT2D eigenvalue weighted by atomic mass is 32.2. The maximum Gasteiger partial charge on any atom is 0.102 e. The Bertz CT molecular complexity index is 300. The Morgan fingerprint density at radius 3 is 2.54 bits per heavy atom. The second-order valence-corrected chi connectivity index (χ2v) is 3.79. The van der Waals surface area contributed by atoms with E-state index in [4.69, 9.17) is 5.26 Å². The van der Waals surface area contributed by atoms with E-state index in [2.05, 4.69) is 29.8 Å². The van der Waals surface area contributed by atoms with Crippen molar-refractivity contribution in [1.82, 2.24) is 4.72 Å². The summed E-state index contributed by atoms with van der Waals surface area (Å²) in [4.78, 5) is 1.13. The van der Waals surface area contributed by atoms with Gasteiger partial charge in [-0.1, -0.05) is 17.7 Å². The fourth-order valence-corrected chi connectivity index (χ4v) is 1.43. The highest BCUT2D eigenvalue weighted by molar-refractivity contribution is 7.97. The Kier molecular flexibility index (Phi) is 3.81. The van der Waals surface area contributed by atoms with E-state index in [1.54, 1.807) is 0 Å². The zero-order chi connectivity index (χ0) is 9.68. The summed E-state index contributed by atoms with van der Waals surface area (Å²) < 4.78 is 3.02. The van der Waals surface area contributed by atoms with Gasteiger partial charge in [0.05, 0.1) is 6.07 Å². The van der Waals surface area contributed by atoms with Crippen LogP contribution in [0.2, 0.25) is 0 Å². The van der Waals surface area contributed by atoms with Gasteiger partial charge in [-0.25, -0.2) is 4.72 Å². The second-order valence-electron chi connectivity index (χ2n) is 2.88. The maximum absolute atomic E-state index is 8.53. The Morgan fingerprint density at radius 1 is 1.38 bits per heavy atom. The molecule has 1 N–H and O–H groups in total. The average molecular weight is 192 g/mol. The van der Waals surface area contributed by atoms with Gasteiger partial charge in [-0.3, -0.25) is 0 Å². The lowest BCUT2D eigenvalue weighted by Gasteiger charge is -2.04. The normalized spacial score (nSPS) is 12.1. The van der Waals surface area contributed by atoms with Crippen molar-refractivity contribution in [3.05, 3.63) is 29.8 Å². The van der Waals surface area contributed by atoms with Gasteiger partial charge >= 0.3 is 0 Å². The zero-order valence-corrected chi connectivity index (χ0v) is 8.56. The number of hydrogen-bond donors (Lipinski definition) is 1. The standard InChI is InChI=1S/C10H12N2S/c1-8-3-5-10(6-4-8)13-12-9(2)7-11/h3-6,9,12H,1-2H3. The minimum absolute atomic E-state index is 0.119. The first kappa shape index (κ1) is 10.1. The Hall–Kier alpha value is -0.980. The molecule has 0 fully saturated rings. The van der Waals surface area contributed by atoms with Gasteiger partial charge in [-0.05, 0) is 37.9 Å². The van der Waals surface area contributed by atoms with Crippen molar-refractivity contribution in [3.63, 3.8) is 0 Å². The molecule has 1 atom stereocenters. The number of nitriles is 1. The van der Waals surface area contributed by atoms with Crippen molar-refractivity contribution < 1.29 is 0 Å². The van der Waals surface area contributed by atoms with Crippen LogP contribution >= 0.6 is 11.9 Å². The molecule has 0 aromatic heterocycles. The summed E-state index contributed by atoms with van der Waals surface area (Å²) in [6.07, 6.45) is 0. The fraction of sp³-hybridized carbons (Fsp3) is 0.300. The van der Waals surface area contributed by atoms with Crippen LogP contribution in [0.1, 0.15) is 12.5 Å². The van der Waals surface area contributed by atoms with Gasteiger partial charge in [0, 0.05) is 4.90 Å². The molecule has 0 aliphatic carbocycles. The number of aryl methyl sites for hydroxylation is 1. The van der Waals surface area contributed by atoms with E-state index >= 15 is 0 Å². The van der Waals surface area contributed by atoms with Gasteiger partial charge in [0.15, 0.2) is 0 Å². The predicted octanol–water partition coefficient (Wildman–Crippen LogP) is 2.50. The van der Waals surface area contributed by atoms with E-state index in [1.807, 2.05) is 19.1 Å². The molecule has 1 unspecified atom stereocenters. The maximum atomic E-state index is 8.53. The molecule has 0 aliphatic heterocycles. The van der Waals surface area contributed by atoms with E-state index in [0.29, 0.717) is 0 Å². The first-order valence-corrected chi connectivity index (χ1v) is 4.92. The van der Waals surface area contributed by atoms with Gasteiger partial charge in [-0.2, -0.15) is 5.26 Å². The number of benzene rings is 1. The summed E-state index contributed by atoms with van der Waals surface area (Å²) >= 11 is 1.49. The van der Waals surface area contributed by atoms with Crippen LogP contribution in [0.15, 0.2) is 29.2 Å². The molecule has 13 heavy (non-hydrogen) atoms. The first-order chi connectivity index (χ1) is 6.22. The molecule has 68 valence electrons. The lowest BCUT2D eigenvalue weighted by atomic mass is 10.2. The monoisotopic (exact) mass is 192 g/mol. The van der Waals surface area contributed by atoms with Gasteiger partial charge in [0.2, 0.25) is 0 Å². The molecule has 0 radical (unpaired) electrons. The van der Waals surface area contributed by atoms with Crippen LogP contribution in [-0.4, -0.2) is 6.04 Å². The van der Waals surface area contributed by atoms with Crippen molar-refractivity contribution in [3.8, 4) is 6.07 Å². The number of hydrogen-bond acceptors (Lipinski definition) is 3. The van der Waals surface area contributed by atoms with E-state index in [0.717, 1.165) is 4.90 Å². The SMILES string of the molecule is Cc1ccc(SNC(C)C#N)cc1. The van der Waals surface area contributed by atoms with Crippen molar-refractivity contribution >= 4 is 11.9 Å². The summed E-state index contributed by atoms with van der Waals surface area (Å²) in [5, 5.41) is 8.53. The molecule has 1 rings (SSSR count). The highest BCUT2D eigenvalue weighted by Gasteiger charge is 1.98. The van der Waals surface area contributed by atoms with Crippen molar-refractivity contribution in [2.24, 2.45) is 0 Å². The molecule has 0 bridgehead atoms. The third-order valence-corrected chi connectivity index (χ3v) is 2.55. The van der Waals surface area contributed by atoms with Crippen molar-refractivity contribution in [2.45, 2.75) is 24.8 Å². The van der Waals surface area contributed by atoms with E-state index in [-0.39, 0.29) is 6.04 Å². The molecule has 0 aliphatic rings. The van der Waals surface area contributed by atoms with Crippen LogP contribution in [0.5, 0.6) is 0 Å². The summed E-state index contributed by atoms with van der Waals surface area (Å²) in [7, 11) is 0. The first-order valence-electron chi connectivity index (χ1n) is 4.11. The Morgan fingerprint density at radius 2 is 2.00 bits per heavy atom. The molecular weight excluding hydrogens is 180 g/mol. The van der Waals surface area contributed by atoms with Crippen LogP contribution in [0.25, 0.3) is 0 Å². The Balaban J connectivity index is 2.47. The van der Waals surface area contributed by atoms with Gasteiger partial charge in [0.25, 0.3) is 0 Å². The third kappa shape index (κ3) is 3.49. The third-order valence-electron chi connectivity index (χ3n) is 1.57. The van der Waals surface area contributed by atoms with Crippen molar-refractivity contribution in [2.75, 3.05) is 0 Å². The Labute approximate surface area is 83.1 Å². The smallest absolute Gasteiger partial charge is 0.102 e. The van der Waals surface area contributed by atoms with E-state index < -0.39 is 0 Å². The van der Waals surface area contributed by atoms with E-state index in [9.17, 15) is 0 Å². The van der Waals surface area contributed by atoms with Crippen LogP contribution in [0, 0.1) is 18.3 Å². The number of nitrogens with zero attached hydrogens (tertiary/aromatic N) is 1. The summed E-state index contributed by atoms with van der Waals surface area (Å²) in [6.45, 7) is 3.89. The number of rotatable bonds is 3. The van der Waals surface area contributed by atoms with Crippen LogP contribution in [0.3, 0.4) is 0 Å². The molecule has 0 amide bonds. The second kappa shape index (κ2) is 4.90. The van der Waals surface area contributed by atoms with Crippen LogP contribution < -0.4 is 4.72 Å². The van der Waals surface area contributed by atoms with Gasteiger partial charge in [-0.15, -0.1) is 0 Å². The summed E-state index contributed by atoms with van der Waals surface area (Å²) in [5.74, 6) is 0. The molecule has 0 heterocycles. The molecule has 0 saturated carbocycles. The fourth-order valence-electron chi connectivity index (χ4n) is 0.789. The molecule has 0 spiro atoms. The summed E-state index contributed by atoms with van der Waals surface area (Å²) in [6, 6.07) is 10.2. The van der Waals surface area contributed by atoms with Crippen LogP contribution in [-0.2, 0) is 0 Å². The largest absolute Gasteiger partial charge is 0.243 e. The lowest BCUT2D eigenvalue weighted by Crippen LogP contribution is -2.15. The molecule has 3 heteroatoms. The molecule has 1 aromatic carbocycles. The topological polar surface area (TPSA) is 35.8 Å². The van der Waals surface area contributed by atoms with Crippen LogP contribution in [0.4, 0.5) is 0 Å². The number of nitrogens with one attached hydrogen (secondary N) is 1.